The Labute approximate surface area is 106 Å². The third-order valence-electron chi connectivity index (χ3n) is 2.79. The smallest absolute Gasteiger partial charge is 0.260 e. The van der Waals surface area contributed by atoms with Gasteiger partial charge in [0.2, 0.25) is 0 Å². The molecule has 0 aliphatic rings. The van der Waals surface area contributed by atoms with Crippen molar-refractivity contribution in [1.29, 1.82) is 0 Å². The molecule has 1 aromatic heterocycles. The monoisotopic (exact) mass is 247 g/mol. The van der Waals surface area contributed by atoms with E-state index in [9.17, 15) is 0 Å². The first-order valence-corrected chi connectivity index (χ1v) is 5.93. The van der Waals surface area contributed by atoms with Gasteiger partial charge in [-0.1, -0.05) is 42.4 Å². The SMILES string of the molecule is CCC(N)c1noc(C(OC)c2ccccc2)n1. The van der Waals surface area contributed by atoms with Crippen molar-refractivity contribution in [3.05, 3.63) is 47.6 Å². The fourth-order valence-corrected chi connectivity index (χ4v) is 1.69. The molecule has 0 bridgehead atoms. The second kappa shape index (κ2) is 5.75. The number of methoxy groups -OCH3 is 1. The maximum Gasteiger partial charge on any atom is 0.260 e. The van der Waals surface area contributed by atoms with Crippen LogP contribution in [0.15, 0.2) is 34.9 Å². The molecular weight excluding hydrogens is 230 g/mol. The predicted octanol–water partition coefficient (Wildman–Crippen LogP) is 2.22. The molecule has 0 saturated heterocycles. The summed E-state index contributed by atoms with van der Waals surface area (Å²) in [5, 5.41) is 3.89. The second-order valence-corrected chi connectivity index (χ2v) is 4.03. The van der Waals surface area contributed by atoms with Crippen molar-refractivity contribution in [2.24, 2.45) is 5.73 Å². The van der Waals surface area contributed by atoms with Gasteiger partial charge >= 0.3 is 0 Å². The molecular formula is C13H17N3O2. The zero-order valence-corrected chi connectivity index (χ0v) is 10.5. The molecule has 0 radical (unpaired) electrons. The van der Waals surface area contributed by atoms with Crippen LogP contribution >= 0.6 is 0 Å². The summed E-state index contributed by atoms with van der Waals surface area (Å²) < 4.78 is 10.6. The van der Waals surface area contributed by atoms with Gasteiger partial charge < -0.3 is 15.0 Å². The average Bonchev–Trinajstić information content (AvgIpc) is 2.89. The topological polar surface area (TPSA) is 74.2 Å². The summed E-state index contributed by atoms with van der Waals surface area (Å²) in [7, 11) is 1.61. The lowest BCUT2D eigenvalue weighted by Gasteiger charge is -2.10. The largest absolute Gasteiger partial charge is 0.367 e. The highest BCUT2D eigenvalue weighted by molar-refractivity contribution is 5.22. The first-order valence-electron chi connectivity index (χ1n) is 5.93. The van der Waals surface area contributed by atoms with Crippen molar-refractivity contribution in [1.82, 2.24) is 10.1 Å². The molecule has 18 heavy (non-hydrogen) atoms. The van der Waals surface area contributed by atoms with E-state index < -0.39 is 0 Å². The van der Waals surface area contributed by atoms with Gasteiger partial charge in [-0.2, -0.15) is 4.98 Å². The highest BCUT2D eigenvalue weighted by Gasteiger charge is 2.21. The Balaban J connectivity index is 2.26. The molecule has 1 aromatic carbocycles. The maximum absolute atomic E-state index is 5.86. The second-order valence-electron chi connectivity index (χ2n) is 4.03. The van der Waals surface area contributed by atoms with E-state index in [1.54, 1.807) is 7.11 Å². The fraction of sp³-hybridized carbons (Fsp3) is 0.385. The molecule has 0 spiro atoms. The quantitative estimate of drug-likeness (QED) is 0.876. The third kappa shape index (κ3) is 2.57. The molecule has 96 valence electrons. The summed E-state index contributed by atoms with van der Waals surface area (Å²) >= 11 is 0. The minimum atomic E-state index is -0.350. The van der Waals surface area contributed by atoms with Gasteiger partial charge in [-0.15, -0.1) is 0 Å². The lowest BCUT2D eigenvalue weighted by molar-refractivity contribution is 0.105. The van der Waals surface area contributed by atoms with E-state index in [0.29, 0.717) is 11.7 Å². The van der Waals surface area contributed by atoms with Gasteiger partial charge in [0.25, 0.3) is 5.89 Å². The lowest BCUT2D eigenvalue weighted by Crippen LogP contribution is -2.11. The highest BCUT2D eigenvalue weighted by Crippen LogP contribution is 2.24. The minimum absolute atomic E-state index is 0.198. The summed E-state index contributed by atoms with van der Waals surface area (Å²) in [4.78, 5) is 4.30. The summed E-state index contributed by atoms with van der Waals surface area (Å²) in [6, 6.07) is 9.54. The molecule has 2 aromatic rings. The van der Waals surface area contributed by atoms with Crippen molar-refractivity contribution in [3.8, 4) is 0 Å². The lowest BCUT2D eigenvalue weighted by atomic mass is 10.1. The van der Waals surface area contributed by atoms with E-state index in [1.807, 2.05) is 37.3 Å². The summed E-state index contributed by atoms with van der Waals surface area (Å²) in [5.41, 5.74) is 6.83. The molecule has 1 heterocycles. The van der Waals surface area contributed by atoms with Gasteiger partial charge in [-0.05, 0) is 12.0 Å². The third-order valence-corrected chi connectivity index (χ3v) is 2.79. The van der Waals surface area contributed by atoms with Crippen LogP contribution in [0.2, 0.25) is 0 Å². The van der Waals surface area contributed by atoms with Gasteiger partial charge in [0.1, 0.15) is 0 Å². The summed E-state index contributed by atoms with van der Waals surface area (Å²) in [5.74, 6) is 0.952. The summed E-state index contributed by atoms with van der Waals surface area (Å²) in [6.45, 7) is 1.98. The van der Waals surface area contributed by atoms with Crippen molar-refractivity contribution in [2.75, 3.05) is 7.11 Å². The number of rotatable bonds is 5. The Hall–Kier alpha value is -1.72. The highest BCUT2D eigenvalue weighted by atomic mass is 16.5. The summed E-state index contributed by atoms with van der Waals surface area (Å²) in [6.07, 6.45) is 0.415. The van der Waals surface area contributed by atoms with E-state index in [1.165, 1.54) is 0 Å². The molecule has 5 heteroatoms. The van der Waals surface area contributed by atoms with Crippen molar-refractivity contribution in [3.63, 3.8) is 0 Å². The van der Waals surface area contributed by atoms with Crippen LogP contribution in [0.5, 0.6) is 0 Å². The Kier molecular flexibility index (Phi) is 4.07. The van der Waals surface area contributed by atoms with Crippen LogP contribution in [0.25, 0.3) is 0 Å². The molecule has 0 amide bonds. The number of nitrogens with two attached hydrogens (primary N) is 1. The van der Waals surface area contributed by atoms with Gasteiger partial charge in [-0.25, -0.2) is 0 Å². The molecule has 0 fully saturated rings. The Morgan fingerprint density at radius 1 is 1.33 bits per heavy atom. The van der Waals surface area contributed by atoms with E-state index in [-0.39, 0.29) is 12.1 Å². The van der Waals surface area contributed by atoms with Crippen LogP contribution in [0, 0.1) is 0 Å². The number of nitrogens with zero attached hydrogens (tertiary/aromatic N) is 2. The van der Waals surface area contributed by atoms with Crippen LogP contribution in [0.1, 0.15) is 42.8 Å². The van der Waals surface area contributed by atoms with E-state index in [4.69, 9.17) is 15.0 Å². The van der Waals surface area contributed by atoms with Gasteiger partial charge in [-0.3, -0.25) is 0 Å². The minimum Gasteiger partial charge on any atom is -0.367 e. The fourth-order valence-electron chi connectivity index (χ4n) is 1.69. The normalized spacial score (nSPS) is 14.4. The predicted molar refractivity (Wildman–Crippen MR) is 66.8 cm³/mol. The Morgan fingerprint density at radius 2 is 2.06 bits per heavy atom. The standard InChI is InChI=1S/C13H17N3O2/c1-3-10(14)12-15-13(18-16-12)11(17-2)9-7-5-4-6-8-9/h4-8,10-11H,3,14H2,1-2H3. The van der Waals surface area contributed by atoms with E-state index in [2.05, 4.69) is 10.1 Å². The van der Waals surface area contributed by atoms with Gasteiger partial charge in [0.05, 0.1) is 6.04 Å². The number of benzene rings is 1. The average molecular weight is 247 g/mol. The van der Waals surface area contributed by atoms with Gasteiger partial charge in [0, 0.05) is 7.11 Å². The molecule has 2 rings (SSSR count). The Morgan fingerprint density at radius 3 is 2.67 bits per heavy atom. The molecule has 0 aliphatic carbocycles. The zero-order valence-electron chi connectivity index (χ0n) is 10.5. The van der Waals surface area contributed by atoms with E-state index >= 15 is 0 Å². The molecule has 2 atom stereocenters. The molecule has 2 unspecified atom stereocenters. The first kappa shape index (κ1) is 12.7. The number of aromatic nitrogens is 2. The molecule has 5 nitrogen and oxygen atoms in total. The maximum atomic E-state index is 5.86. The zero-order chi connectivity index (χ0) is 13.0. The van der Waals surface area contributed by atoms with Crippen LogP contribution in [0.3, 0.4) is 0 Å². The molecule has 0 saturated carbocycles. The Bertz CT molecular complexity index is 484. The van der Waals surface area contributed by atoms with Crippen LogP contribution < -0.4 is 5.73 Å². The van der Waals surface area contributed by atoms with Crippen molar-refractivity contribution in [2.45, 2.75) is 25.5 Å². The first-order chi connectivity index (χ1) is 8.76. The van der Waals surface area contributed by atoms with Crippen molar-refractivity contribution >= 4 is 0 Å². The number of hydrogen-bond donors (Lipinski definition) is 1. The van der Waals surface area contributed by atoms with Crippen LogP contribution in [-0.4, -0.2) is 17.3 Å². The van der Waals surface area contributed by atoms with Gasteiger partial charge in [0.15, 0.2) is 11.9 Å². The van der Waals surface area contributed by atoms with E-state index in [0.717, 1.165) is 12.0 Å². The molecule has 0 aliphatic heterocycles. The molecule has 2 N–H and O–H groups in total. The van der Waals surface area contributed by atoms with Crippen molar-refractivity contribution < 1.29 is 9.26 Å². The van der Waals surface area contributed by atoms with Crippen LogP contribution in [-0.2, 0) is 4.74 Å². The van der Waals surface area contributed by atoms with Crippen LogP contribution in [0.4, 0.5) is 0 Å². The number of hydrogen-bond acceptors (Lipinski definition) is 5. The number of ether oxygens (including phenoxy) is 1.